The van der Waals surface area contributed by atoms with E-state index >= 15 is 0 Å². The normalized spacial score (nSPS) is 21.2. The maximum atomic E-state index is 13.5. The molecule has 7 nitrogen and oxygen atoms in total. The van der Waals surface area contributed by atoms with E-state index in [4.69, 9.17) is 0 Å². The molecule has 0 aliphatic carbocycles. The molecule has 2 aliphatic rings. The summed E-state index contributed by atoms with van der Waals surface area (Å²) in [5.74, 6) is 0.347. The molecule has 0 saturated carbocycles. The Morgan fingerprint density at radius 1 is 1.00 bits per heavy atom. The molecule has 2 amide bonds. The van der Waals surface area contributed by atoms with Gasteiger partial charge in [-0.2, -0.15) is 0 Å². The topological polar surface area (TPSA) is 78.0 Å². The summed E-state index contributed by atoms with van der Waals surface area (Å²) in [7, 11) is -3.02. The number of hydrogen-bond acceptors (Lipinski definition) is 5. The molecule has 0 aromatic heterocycles. The van der Waals surface area contributed by atoms with Crippen molar-refractivity contribution in [1.29, 1.82) is 0 Å². The SMILES string of the molecule is CCN(CC)C(=O)C1CCN(C(=O)C(c2ccccc2)N2CCS(=O)(=O)CC2)CC1. The second kappa shape index (κ2) is 9.92. The summed E-state index contributed by atoms with van der Waals surface area (Å²) in [6.07, 6.45) is 1.36. The molecule has 1 atom stereocenters. The Morgan fingerprint density at radius 3 is 2.10 bits per heavy atom. The Balaban J connectivity index is 1.71. The van der Waals surface area contributed by atoms with Crippen LogP contribution in [0.4, 0.5) is 0 Å². The molecule has 2 saturated heterocycles. The van der Waals surface area contributed by atoms with Gasteiger partial charge in [-0.15, -0.1) is 0 Å². The number of benzene rings is 1. The van der Waals surface area contributed by atoms with Crippen LogP contribution in [0.3, 0.4) is 0 Å². The minimum absolute atomic E-state index is 0.00855. The van der Waals surface area contributed by atoms with Crippen LogP contribution in [0.5, 0.6) is 0 Å². The zero-order chi connectivity index (χ0) is 21.7. The van der Waals surface area contributed by atoms with E-state index in [9.17, 15) is 18.0 Å². The largest absolute Gasteiger partial charge is 0.343 e. The molecule has 2 fully saturated rings. The molecule has 0 spiro atoms. The summed E-state index contributed by atoms with van der Waals surface area (Å²) >= 11 is 0. The van der Waals surface area contributed by atoms with E-state index in [2.05, 4.69) is 0 Å². The van der Waals surface area contributed by atoms with Crippen LogP contribution in [0.1, 0.15) is 38.3 Å². The van der Waals surface area contributed by atoms with Gasteiger partial charge in [0.15, 0.2) is 9.84 Å². The van der Waals surface area contributed by atoms with Gasteiger partial charge in [0, 0.05) is 45.2 Å². The van der Waals surface area contributed by atoms with E-state index in [0.717, 1.165) is 5.56 Å². The Labute approximate surface area is 179 Å². The first-order valence-electron chi connectivity index (χ1n) is 10.9. The predicted molar refractivity (Wildman–Crippen MR) is 117 cm³/mol. The van der Waals surface area contributed by atoms with Crippen LogP contribution in [-0.4, -0.2) is 85.7 Å². The Morgan fingerprint density at radius 2 is 1.57 bits per heavy atom. The van der Waals surface area contributed by atoms with E-state index in [-0.39, 0.29) is 29.2 Å². The molecule has 3 rings (SSSR count). The van der Waals surface area contributed by atoms with E-state index < -0.39 is 15.9 Å². The minimum Gasteiger partial charge on any atom is -0.343 e. The molecule has 1 unspecified atom stereocenters. The van der Waals surface area contributed by atoms with Gasteiger partial charge in [0.2, 0.25) is 11.8 Å². The van der Waals surface area contributed by atoms with Crippen molar-refractivity contribution >= 4 is 21.7 Å². The summed E-state index contributed by atoms with van der Waals surface area (Å²) in [5.41, 5.74) is 0.892. The third-order valence-corrected chi connectivity index (χ3v) is 7.93. The summed E-state index contributed by atoms with van der Waals surface area (Å²) in [4.78, 5) is 31.9. The summed E-state index contributed by atoms with van der Waals surface area (Å²) in [6, 6.07) is 9.12. The number of rotatable bonds is 6. The third kappa shape index (κ3) is 5.21. The van der Waals surface area contributed by atoms with Crippen molar-refractivity contribution in [2.24, 2.45) is 5.92 Å². The van der Waals surface area contributed by atoms with Crippen molar-refractivity contribution in [1.82, 2.24) is 14.7 Å². The first-order valence-corrected chi connectivity index (χ1v) is 12.8. The number of piperidine rings is 1. The average molecular weight is 436 g/mol. The highest BCUT2D eigenvalue weighted by molar-refractivity contribution is 7.91. The van der Waals surface area contributed by atoms with Crippen LogP contribution in [-0.2, 0) is 19.4 Å². The van der Waals surface area contributed by atoms with Crippen molar-refractivity contribution in [2.45, 2.75) is 32.7 Å². The molecule has 0 radical (unpaired) electrons. The monoisotopic (exact) mass is 435 g/mol. The van der Waals surface area contributed by atoms with Gasteiger partial charge in [0.05, 0.1) is 11.5 Å². The number of hydrogen-bond donors (Lipinski definition) is 0. The predicted octanol–water partition coefficient (Wildman–Crippen LogP) is 1.57. The number of carbonyl (C=O) groups excluding carboxylic acids is 2. The van der Waals surface area contributed by atoms with Crippen LogP contribution in [0.2, 0.25) is 0 Å². The van der Waals surface area contributed by atoms with Gasteiger partial charge in [0.25, 0.3) is 0 Å². The Hall–Kier alpha value is -1.93. The van der Waals surface area contributed by atoms with Crippen LogP contribution < -0.4 is 0 Å². The molecule has 166 valence electrons. The van der Waals surface area contributed by atoms with Crippen molar-refractivity contribution in [3.63, 3.8) is 0 Å². The fraction of sp³-hybridized carbons (Fsp3) is 0.636. The molecular formula is C22H33N3O4S. The molecule has 8 heteroatoms. The minimum atomic E-state index is -3.02. The van der Waals surface area contributed by atoms with Gasteiger partial charge in [0.1, 0.15) is 6.04 Å². The third-order valence-electron chi connectivity index (χ3n) is 6.32. The summed E-state index contributed by atoms with van der Waals surface area (Å²) in [6.45, 7) is 7.25. The zero-order valence-electron chi connectivity index (χ0n) is 18.0. The highest BCUT2D eigenvalue weighted by Crippen LogP contribution is 2.28. The molecule has 2 heterocycles. The molecule has 1 aromatic carbocycles. The summed E-state index contributed by atoms with van der Waals surface area (Å²) in [5, 5.41) is 0. The number of carbonyl (C=O) groups is 2. The lowest BCUT2D eigenvalue weighted by Crippen LogP contribution is -2.51. The van der Waals surface area contributed by atoms with Crippen molar-refractivity contribution < 1.29 is 18.0 Å². The fourth-order valence-electron chi connectivity index (χ4n) is 4.44. The summed E-state index contributed by atoms with van der Waals surface area (Å²) < 4.78 is 23.7. The van der Waals surface area contributed by atoms with Crippen LogP contribution >= 0.6 is 0 Å². The van der Waals surface area contributed by atoms with Crippen LogP contribution in [0.15, 0.2) is 30.3 Å². The maximum absolute atomic E-state index is 13.5. The quantitative estimate of drug-likeness (QED) is 0.678. The van der Waals surface area contributed by atoms with Crippen molar-refractivity contribution in [3.8, 4) is 0 Å². The first-order chi connectivity index (χ1) is 14.4. The zero-order valence-corrected chi connectivity index (χ0v) is 18.8. The highest BCUT2D eigenvalue weighted by Gasteiger charge is 2.37. The molecule has 0 N–H and O–H groups in total. The Kier molecular flexibility index (Phi) is 7.52. The van der Waals surface area contributed by atoms with E-state index in [0.29, 0.717) is 52.1 Å². The van der Waals surface area contributed by atoms with Crippen LogP contribution in [0, 0.1) is 5.92 Å². The lowest BCUT2D eigenvalue weighted by atomic mass is 9.94. The Bertz CT molecular complexity index is 817. The number of likely N-dealkylation sites (tertiary alicyclic amines) is 1. The van der Waals surface area contributed by atoms with Gasteiger partial charge in [-0.3, -0.25) is 14.5 Å². The van der Waals surface area contributed by atoms with E-state index in [1.54, 1.807) is 0 Å². The number of sulfone groups is 1. The molecule has 2 aliphatic heterocycles. The number of amides is 2. The molecule has 30 heavy (non-hydrogen) atoms. The second-order valence-electron chi connectivity index (χ2n) is 8.11. The smallest absolute Gasteiger partial charge is 0.244 e. The van der Waals surface area contributed by atoms with Gasteiger partial charge in [-0.25, -0.2) is 8.42 Å². The molecule has 0 bridgehead atoms. The van der Waals surface area contributed by atoms with Gasteiger partial charge in [-0.1, -0.05) is 30.3 Å². The molecule has 1 aromatic rings. The average Bonchev–Trinajstić information content (AvgIpc) is 2.76. The first kappa shape index (κ1) is 22.7. The van der Waals surface area contributed by atoms with Gasteiger partial charge < -0.3 is 9.80 Å². The fourth-order valence-corrected chi connectivity index (χ4v) is 5.67. The van der Waals surface area contributed by atoms with Crippen LogP contribution in [0.25, 0.3) is 0 Å². The second-order valence-corrected chi connectivity index (χ2v) is 10.4. The van der Waals surface area contributed by atoms with Crippen molar-refractivity contribution in [3.05, 3.63) is 35.9 Å². The number of nitrogens with zero attached hydrogens (tertiary/aromatic N) is 3. The van der Waals surface area contributed by atoms with Crippen molar-refractivity contribution in [2.75, 3.05) is 50.8 Å². The lowest BCUT2D eigenvalue weighted by molar-refractivity contribution is -0.143. The van der Waals surface area contributed by atoms with Gasteiger partial charge >= 0.3 is 0 Å². The molecular weight excluding hydrogens is 402 g/mol. The highest BCUT2D eigenvalue weighted by atomic mass is 32.2. The standard InChI is InChI=1S/C22H33N3O4S/c1-3-23(4-2)21(26)19-10-12-25(13-11-19)22(27)20(18-8-6-5-7-9-18)24-14-16-30(28,29)17-15-24/h5-9,19-20H,3-4,10-17H2,1-2H3. The maximum Gasteiger partial charge on any atom is 0.244 e. The van der Waals surface area contributed by atoms with Gasteiger partial charge in [-0.05, 0) is 32.3 Å². The van der Waals surface area contributed by atoms with E-state index in [1.807, 2.05) is 58.9 Å². The van der Waals surface area contributed by atoms with E-state index in [1.165, 1.54) is 0 Å². The lowest BCUT2D eigenvalue weighted by Gasteiger charge is -2.39.